The number of rotatable bonds is 11. The molecule has 0 aliphatic carbocycles. The van der Waals surface area contributed by atoms with Crippen LogP contribution in [0.25, 0.3) is 0 Å². The Balaban J connectivity index is 1.65. The Labute approximate surface area is 189 Å². The Morgan fingerprint density at radius 2 is 1.77 bits per heavy atom. The average molecular weight is 471 g/mol. The van der Waals surface area contributed by atoms with Gasteiger partial charge in [0.05, 0.1) is 12.1 Å². The first-order valence-electron chi connectivity index (χ1n) is 9.07. The molecule has 10 heteroatoms. The monoisotopic (exact) mass is 470 g/mol. The third-order valence-corrected chi connectivity index (χ3v) is 4.35. The summed E-state index contributed by atoms with van der Waals surface area (Å²) < 4.78 is 29.1. The highest BCUT2D eigenvalue weighted by Gasteiger charge is 2.10. The van der Waals surface area contributed by atoms with Gasteiger partial charge < -0.3 is 24.8 Å². The van der Waals surface area contributed by atoms with Crippen LogP contribution in [0.4, 0.5) is 4.39 Å². The minimum atomic E-state index is -0.634. The Kier molecular flexibility index (Phi) is 9.42. The summed E-state index contributed by atoms with van der Waals surface area (Å²) in [6.07, 6.45) is 0.303. The molecule has 0 unspecified atom stereocenters. The van der Waals surface area contributed by atoms with Crippen molar-refractivity contribution < 1.29 is 28.2 Å². The Morgan fingerprint density at radius 1 is 1.03 bits per heavy atom. The Bertz CT molecular complexity index is 955. The molecule has 166 valence electrons. The van der Waals surface area contributed by atoms with E-state index in [1.54, 1.807) is 18.2 Å². The average Bonchev–Trinajstić information content (AvgIpc) is 2.73. The quantitative estimate of drug-likeness (QED) is 0.522. The molecule has 0 saturated carbocycles. The molecular formula is C21H21Cl2FN2O5. The fourth-order valence-corrected chi connectivity index (χ4v) is 2.60. The van der Waals surface area contributed by atoms with Gasteiger partial charge in [0, 0.05) is 35.8 Å². The van der Waals surface area contributed by atoms with Crippen molar-refractivity contribution in [2.75, 3.05) is 26.9 Å². The fraction of sp³-hybridized carbons (Fsp3) is 0.238. The lowest BCUT2D eigenvalue weighted by Crippen LogP contribution is -2.32. The minimum absolute atomic E-state index is 0.0323. The lowest BCUT2D eigenvalue weighted by atomic mass is 10.3. The maximum Gasteiger partial charge on any atom is 0.262 e. The van der Waals surface area contributed by atoms with Crippen molar-refractivity contribution in [3.63, 3.8) is 0 Å². The van der Waals surface area contributed by atoms with Crippen molar-refractivity contribution in [3.8, 4) is 17.2 Å². The number of nitrogens with one attached hydrogen (secondary N) is 2. The lowest BCUT2D eigenvalue weighted by molar-refractivity contribution is -0.123. The van der Waals surface area contributed by atoms with Crippen molar-refractivity contribution in [1.29, 1.82) is 0 Å². The third-order valence-electron chi connectivity index (χ3n) is 3.81. The van der Waals surface area contributed by atoms with Crippen LogP contribution >= 0.6 is 23.2 Å². The second-order valence-corrected chi connectivity index (χ2v) is 7.04. The normalized spacial score (nSPS) is 10.2. The highest BCUT2D eigenvalue weighted by atomic mass is 35.5. The standard InChI is InChI=1S/C21H21Cl2FN2O5/c1-13(26-21(28)12-31-18-6-3-14(22)9-19(18)29-2)7-8-25-20(27)11-30-15-4-5-16(23)17(24)10-15/h3-6,9-10H,1,7-8,11-12H2,2H3,(H,25,27)(H,26,28). The van der Waals surface area contributed by atoms with Gasteiger partial charge in [0.2, 0.25) is 0 Å². The van der Waals surface area contributed by atoms with Gasteiger partial charge in [0.25, 0.3) is 11.8 Å². The SMILES string of the molecule is C=C(CCNC(=O)COc1ccc(Cl)c(F)c1)NC(=O)COc1ccc(Cl)cc1OC. The van der Waals surface area contributed by atoms with E-state index < -0.39 is 17.6 Å². The van der Waals surface area contributed by atoms with Gasteiger partial charge in [-0.15, -0.1) is 0 Å². The smallest absolute Gasteiger partial charge is 0.262 e. The van der Waals surface area contributed by atoms with Crippen molar-refractivity contribution in [3.05, 3.63) is 64.5 Å². The number of halogens is 3. The van der Waals surface area contributed by atoms with Gasteiger partial charge in [0.15, 0.2) is 24.7 Å². The number of carbonyl (C=O) groups excluding carboxylic acids is 2. The van der Waals surface area contributed by atoms with E-state index >= 15 is 0 Å². The van der Waals surface area contributed by atoms with Crippen LogP contribution in [0.5, 0.6) is 17.2 Å². The summed E-state index contributed by atoms with van der Waals surface area (Å²) in [5, 5.41) is 5.63. The molecule has 0 spiro atoms. The van der Waals surface area contributed by atoms with Crippen LogP contribution in [0, 0.1) is 5.82 Å². The van der Waals surface area contributed by atoms with Gasteiger partial charge in [-0.3, -0.25) is 9.59 Å². The van der Waals surface area contributed by atoms with Crippen LogP contribution in [0.1, 0.15) is 6.42 Å². The van der Waals surface area contributed by atoms with E-state index in [0.29, 0.717) is 28.6 Å². The van der Waals surface area contributed by atoms with Crippen LogP contribution in [0.2, 0.25) is 10.0 Å². The second-order valence-electron chi connectivity index (χ2n) is 6.20. The van der Waals surface area contributed by atoms with Crippen molar-refractivity contribution in [2.24, 2.45) is 0 Å². The highest BCUT2D eigenvalue weighted by molar-refractivity contribution is 6.31. The van der Waals surface area contributed by atoms with Crippen molar-refractivity contribution in [2.45, 2.75) is 6.42 Å². The molecule has 2 amide bonds. The number of benzene rings is 2. The minimum Gasteiger partial charge on any atom is -0.493 e. The molecule has 7 nitrogen and oxygen atoms in total. The zero-order valence-corrected chi connectivity index (χ0v) is 18.2. The molecule has 0 aliphatic heterocycles. The first-order chi connectivity index (χ1) is 14.8. The molecule has 2 rings (SSSR count). The zero-order valence-electron chi connectivity index (χ0n) is 16.7. The maximum atomic E-state index is 13.3. The topological polar surface area (TPSA) is 85.9 Å². The van der Waals surface area contributed by atoms with E-state index in [4.69, 9.17) is 37.4 Å². The molecule has 0 fully saturated rings. The number of amides is 2. The first-order valence-corrected chi connectivity index (χ1v) is 9.82. The lowest BCUT2D eigenvalue weighted by Gasteiger charge is -2.12. The fourth-order valence-electron chi connectivity index (χ4n) is 2.32. The van der Waals surface area contributed by atoms with E-state index in [-0.39, 0.29) is 30.5 Å². The predicted octanol–water partition coefficient (Wildman–Crippen LogP) is 3.74. The van der Waals surface area contributed by atoms with Crippen LogP contribution in [0.15, 0.2) is 48.7 Å². The third kappa shape index (κ3) is 8.35. The van der Waals surface area contributed by atoms with Crippen molar-refractivity contribution in [1.82, 2.24) is 10.6 Å². The zero-order chi connectivity index (χ0) is 22.8. The van der Waals surface area contributed by atoms with Gasteiger partial charge in [-0.25, -0.2) is 4.39 Å². The van der Waals surface area contributed by atoms with E-state index in [0.717, 1.165) is 6.07 Å². The number of methoxy groups -OCH3 is 1. The number of carbonyl (C=O) groups is 2. The van der Waals surface area contributed by atoms with Gasteiger partial charge in [-0.05, 0) is 24.3 Å². The van der Waals surface area contributed by atoms with E-state index in [2.05, 4.69) is 17.2 Å². The summed E-state index contributed by atoms with van der Waals surface area (Å²) in [5.74, 6) is -0.490. The number of hydrogen-bond donors (Lipinski definition) is 2. The predicted molar refractivity (Wildman–Crippen MR) is 115 cm³/mol. The van der Waals surface area contributed by atoms with Crippen LogP contribution in [0.3, 0.4) is 0 Å². The summed E-state index contributed by atoms with van der Waals surface area (Å²) in [4.78, 5) is 23.8. The first kappa shape index (κ1) is 24.3. The summed E-state index contributed by atoms with van der Waals surface area (Å²) in [7, 11) is 1.47. The molecule has 0 aromatic heterocycles. The molecule has 0 bridgehead atoms. The molecule has 0 heterocycles. The molecule has 0 radical (unpaired) electrons. The molecule has 0 saturated heterocycles. The molecule has 2 aromatic rings. The molecule has 0 aliphatic rings. The molecule has 0 atom stereocenters. The van der Waals surface area contributed by atoms with Gasteiger partial charge in [-0.1, -0.05) is 29.8 Å². The van der Waals surface area contributed by atoms with Crippen LogP contribution in [-0.4, -0.2) is 38.7 Å². The molecule has 2 N–H and O–H groups in total. The second kappa shape index (κ2) is 12.0. The number of ether oxygens (including phenoxy) is 3. The van der Waals surface area contributed by atoms with Gasteiger partial charge in [-0.2, -0.15) is 0 Å². The molecular weight excluding hydrogens is 450 g/mol. The van der Waals surface area contributed by atoms with E-state index in [1.807, 2.05) is 0 Å². The summed E-state index contributed by atoms with van der Waals surface area (Å²) >= 11 is 11.5. The van der Waals surface area contributed by atoms with Crippen LogP contribution in [-0.2, 0) is 9.59 Å². The highest BCUT2D eigenvalue weighted by Crippen LogP contribution is 2.29. The Hall–Kier alpha value is -2.97. The van der Waals surface area contributed by atoms with E-state index in [1.165, 1.54) is 19.2 Å². The van der Waals surface area contributed by atoms with Crippen molar-refractivity contribution >= 4 is 35.0 Å². The summed E-state index contributed by atoms with van der Waals surface area (Å²) in [5.41, 5.74) is 0.401. The Morgan fingerprint density at radius 3 is 2.48 bits per heavy atom. The molecule has 2 aromatic carbocycles. The molecule has 31 heavy (non-hydrogen) atoms. The summed E-state index contributed by atoms with van der Waals surface area (Å²) in [6.45, 7) is 3.41. The van der Waals surface area contributed by atoms with E-state index in [9.17, 15) is 14.0 Å². The maximum absolute atomic E-state index is 13.3. The van der Waals surface area contributed by atoms with Crippen LogP contribution < -0.4 is 24.8 Å². The van der Waals surface area contributed by atoms with Gasteiger partial charge >= 0.3 is 0 Å². The summed E-state index contributed by atoms with van der Waals surface area (Å²) in [6, 6.07) is 8.67. The largest absolute Gasteiger partial charge is 0.493 e. The van der Waals surface area contributed by atoms with Gasteiger partial charge in [0.1, 0.15) is 11.6 Å². The number of hydrogen-bond acceptors (Lipinski definition) is 5.